The lowest BCUT2D eigenvalue weighted by atomic mass is 10.0. The van der Waals surface area contributed by atoms with Gasteiger partial charge in [0.25, 0.3) is 0 Å². The second kappa shape index (κ2) is 7.38. The first-order valence-corrected chi connectivity index (χ1v) is 7.52. The molecular weight excluding hydrogens is 208 g/mol. The summed E-state index contributed by atoms with van der Waals surface area (Å²) in [4.78, 5) is 2.73. The van der Waals surface area contributed by atoms with E-state index < -0.39 is 0 Å². The molecule has 0 aromatic heterocycles. The highest BCUT2D eigenvalue weighted by atomic mass is 15.2. The largest absolute Gasteiger partial charge is 0.313 e. The summed E-state index contributed by atoms with van der Waals surface area (Å²) < 4.78 is 0. The fraction of sp³-hybridized carbons (Fsp3) is 1.00. The minimum Gasteiger partial charge on any atom is -0.313 e. The topological polar surface area (TPSA) is 15.3 Å². The summed E-state index contributed by atoms with van der Waals surface area (Å²) in [5, 5.41) is 3.64. The van der Waals surface area contributed by atoms with E-state index >= 15 is 0 Å². The van der Waals surface area contributed by atoms with Crippen molar-refractivity contribution < 1.29 is 0 Å². The molecule has 2 nitrogen and oxygen atoms in total. The average molecular weight is 240 g/mol. The van der Waals surface area contributed by atoms with Gasteiger partial charge in [-0.15, -0.1) is 0 Å². The van der Waals surface area contributed by atoms with E-state index in [1.165, 1.54) is 32.4 Å². The van der Waals surface area contributed by atoms with E-state index in [-0.39, 0.29) is 0 Å². The van der Waals surface area contributed by atoms with Gasteiger partial charge in [0.05, 0.1) is 0 Å². The predicted molar refractivity (Wildman–Crippen MR) is 76.4 cm³/mol. The summed E-state index contributed by atoms with van der Waals surface area (Å²) in [6.45, 7) is 15.2. The third kappa shape index (κ3) is 5.87. The molecule has 0 radical (unpaired) electrons. The Morgan fingerprint density at radius 3 is 2.24 bits per heavy atom. The van der Waals surface area contributed by atoms with Gasteiger partial charge >= 0.3 is 0 Å². The van der Waals surface area contributed by atoms with Crippen molar-refractivity contribution in [1.29, 1.82) is 0 Å². The Morgan fingerprint density at radius 2 is 1.82 bits per heavy atom. The lowest BCUT2D eigenvalue weighted by Gasteiger charge is -2.30. The minimum absolute atomic E-state index is 0.660. The van der Waals surface area contributed by atoms with Crippen LogP contribution in [-0.4, -0.2) is 36.6 Å². The van der Waals surface area contributed by atoms with E-state index in [9.17, 15) is 0 Å². The molecule has 1 unspecified atom stereocenters. The third-order valence-corrected chi connectivity index (χ3v) is 3.76. The maximum Gasteiger partial charge on any atom is 0.0217 e. The van der Waals surface area contributed by atoms with Crippen molar-refractivity contribution in [2.45, 2.75) is 66.0 Å². The van der Waals surface area contributed by atoms with Crippen molar-refractivity contribution in [3.63, 3.8) is 0 Å². The van der Waals surface area contributed by atoms with Gasteiger partial charge in [-0.2, -0.15) is 0 Å². The van der Waals surface area contributed by atoms with Crippen LogP contribution >= 0.6 is 0 Å². The highest BCUT2D eigenvalue weighted by Gasteiger charge is 2.30. The zero-order valence-electron chi connectivity index (χ0n) is 12.5. The van der Waals surface area contributed by atoms with Crippen molar-refractivity contribution in [3.05, 3.63) is 0 Å². The zero-order valence-corrected chi connectivity index (χ0v) is 12.5. The van der Waals surface area contributed by atoms with Crippen LogP contribution in [0.15, 0.2) is 0 Å². The molecule has 1 atom stereocenters. The molecule has 0 heterocycles. The van der Waals surface area contributed by atoms with Crippen LogP contribution in [-0.2, 0) is 0 Å². The molecule has 1 saturated carbocycles. The molecule has 1 N–H and O–H groups in total. The lowest BCUT2D eigenvalue weighted by Crippen LogP contribution is -2.45. The molecule has 0 spiro atoms. The van der Waals surface area contributed by atoms with Gasteiger partial charge in [0.2, 0.25) is 0 Å². The Labute approximate surface area is 108 Å². The van der Waals surface area contributed by atoms with E-state index in [0.717, 1.165) is 24.4 Å². The van der Waals surface area contributed by atoms with Crippen LogP contribution < -0.4 is 5.32 Å². The van der Waals surface area contributed by atoms with Crippen LogP contribution in [0.5, 0.6) is 0 Å². The average Bonchev–Trinajstić information content (AvgIpc) is 3.05. The number of likely N-dealkylation sites (N-methyl/N-ethyl adjacent to an activating group) is 1. The minimum atomic E-state index is 0.660. The molecule has 0 amide bonds. The molecule has 1 rings (SSSR count). The summed E-state index contributed by atoms with van der Waals surface area (Å²) in [5.74, 6) is 1.56. The molecule has 0 bridgehead atoms. The number of rotatable bonds is 9. The van der Waals surface area contributed by atoms with Crippen LogP contribution in [0.2, 0.25) is 0 Å². The van der Waals surface area contributed by atoms with E-state index in [2.05, 4.69) is 44.8 Å². The van der Waals surface area contributed by atoms with Crippen molar-refractivity contribution in [2.75, 3.05) is 19.6 Å². The Kier molecular flexibility index (Phi) is 6.50. The first-order valence-electron chi connectivity index (χ1n) is 7.52. The van der Waals surface area contributed by atoms with E-state index in [4.69, 9.17) is 0 Å². The SMILES string of the molecule is CCNC(CN(CCC(C)C)C1CC1)C(C)C. The molecule has 0 aromatic carbocycles. The molecule has 102 valence electrons. The monoisotopic (exact) mass is 240 g/mol. The highest BCUT2D eigenvalue weighted by molar-refractivity contribution is 4.87. The Balaban J connectivity index is 2.40. The molecule has 17 heavy (non-hydrogen) atoms. The smallest absolute Gasteiger partial charge is 0.0217 e. The quantitative estimate of drug-likeness (QED) is 0.666. The van der Waals surface area contributed by atoms with Crippen LogP contribution in [0.4, 0.5) is 0 Å². The number of nitrogens with zero attached hydrogens (tertiary/aromatic N) is 1. The summed E-state index contributed by atoms with van der Waals surface area (Å²) >= 11 is 0. The van der Waals surface area contributed by atoms with E-state index in [1.54, 1.807) is 0 Å². The highest BCUT2D eigenvalue weighted by Crippen LogP contribution is 2.28. The van der Waals surface area contributed by atoms with Gasteiger partial charge in [-0.05, 0) is 44.2 Å². The summed E-state index contributed by atoms with van der Waals surface area (Å²) in [5.41, 5.74) is 0. The summed E-state index contributed by atoms with van der Waals surface area (Å²) in [6.07, 6.45) is 4.19. The number of nitrogens with one attached hydrogen (secondary N) is 1. The first kappa shape index (κ1) is 15.0. The zero-order chi connectivity index (χ0) is 12.8. The molecule has 2 heteroatoms. The fourth-order valence-electron chi connectivity index (χ4n) is 2.31. The van der Waals surface area contributed by atoms with E-state index in [0.29, 0.717) is 6.04 Å². The molecule has 0 aliphatic heterocycles. The Morgan fingerprint density at radius 1 is 1.18 bits per heavy atom. The van der Waals surface area contributed by atoms with Crippen LogP contribution in [0.25, 0.3) is 0 Å². The third-order valence-electron chi connectivity index (χ3n) is 3.76. The van der Waals surface area contributed by atoms with Gasteiger partial charge < -0.3 is 5.32 Å². The molecule has 0 saturated heterocycles. The maximum absolute atomic E-state index is 3.64. The normalized spacial score (nSPS) is 18.4. The van der Waals surface area contributed by atoms with Crippen molar-refractivity contribution in [2.24, 2.45) is 11.8 Å². The van der Waals surface area contributed by atoms with Gasteiger partial charge in [0, 0.05) is 18.6 Å². The van der Waals surface area contributed by atoms with Crippen LogP contribution in [0.3, 0.4) is 0 Å². The Bertz CT molecular complexity index is 197. The summed E-state index contributed by atoms with van der Waals surface area (Å²) in [7, 11) is 0. The number of hydrogen-bond acceptors (Lipinski definition) is 2. The van der Waals surface area contributed by atoms with Gasteiger partial charge in [-0.25, -0.2) is 0 Å². The molecule has 1 fully saturated rings. The van der Waals surface area contributed by atoms with E-state index in [1.807, 2.05) is 0 Å². The number of hydrogen-bond donors (Lipinski definition) is 1. The van der Waals surface area contributed by atoms with Crippen LogP contribution in [0, 0.1) is 11.8 Å². The van der Waals surface area contributed by atoms with Gasteiger partial charge in [-0.3, -0.25) is 4.90 Å². The van der Waals surface area contributed by atoms with Gasteiger partial charge in [0.1, 0.15) is 0 Å². The molecule has 1 aliphatic rings. The molecular formula is C15H32N2. The standard InChI is InChI=1S/C15H32N2/c1-6-16-15(13(4)5)11-17(14-7-8-14)10-9-12(2)3/h12-16H,6-11H2,1-5H3. The summed E-state index contributed by atoms with van der Waals surface area (Å²) in [6, 6.07) is 1.56. The molecule has 0 aromatic rings. The maximum atomic E-state index is 3.64. The van der Waals surface area contributed by atoms with Crippen molar-refractivity contribution in [1.82, 2.24) is 10.2 Å². The lowest BCUT2D eigenvalue weighted by molar-refractivity contribution is 0.201. The second-order valence-electron chi connectivity index (χ2n) is 6.32. The molecule has 1 aliphatic carbocycles. The van der Waals surface area contributed by atoms with Crippen LogP contribution in [0.1, 0.15) is 53.9 Å². The van der Waals surface area contributed by atoms with Crippen molar-refractivity contribution >= 4 is 0 Å². The van der Waals surface area contributed by atoms with Crippen molar-refractivity contribution in [3.8, 4) is 0 Å². The van der Waals surface area contributed by atoms with Gasteiger partial charge in [0.15, 0.2) is 0 Å². The first-order chi connectivity index (χ1) is 8.04. The fourth-order valence-corrected chi connectivity index (χ4v) is 2.31. The second-order valence-corrected chi connectivity index (χ2v) is 6.32. The predicted octanol–water partition coefficient (Wildman–Crippen LogP) is 3.13. The Hall–Kier alpha value is -0.0800. The van der Waals surface area contributed by atoms with Gasteiger partial charge in [-0.1, -0.05) is 34.6 Å².